The van der Waals surface area contributed by atoms with Crippen molar-refractivity contribution in [3.63, 3.8) is 0 Å². The molecule has 1 aliphatic carbocycles. The maximum atomic E-state index is 13.0. The molecule has 1 aliphatic heterocycles. The molecule has 24 heavy (non-hydrogen) atoms. The van der Waals surface area contributed by atoms with Crippen LogP contribution in [0.2, 0.25) is 0 Å². The summed E-state index contributed by atoms with van der Waals surface area (Å²) < 4.78 is 15.7. The van der Waals surface area contributed by atoms with E-state index in [9.17, 15) is 14.4 Å². The van der Waals surface area contributed by atoms with Crippen LogP contribution in [-0.4, -0.2) is 44.0 Å². The van der Waals surface area contributed by atoms with Crippen molar-refractivity contribution in [1.82, 2.24) is 0 Å². The zero-order valence-corrected chi connectivity index (χ0v) is 13.8. The Morgan fingerprint density at radius 3 is 2.67 bits per heavy atom. The predicted molar refractivity (Wildman–Crippen MR) is 84.3 cm³/mol. The van der Waals surface area contributed by atoms with Gasteiger partial charge in [0.2, 0.25) is 0 Å². The van der Waals surface area contributed by atoms with Crippen LogP contribution in [0.15, 0.2) is 29.3 Å². The van der Waals surface area contributed by atoms with Crippen LogP contribution in [0.5, 0.6) is 5.75 Å². The van der Waals surface area contributed by atoms with Gasteiger partial charge in [-0.05, 0) is 13.0 Å². The second kappa shape index (κ2) is 6.20. The van der Waals surface area contributed by atoms with E-state index < -0.39 is 18.2 Å². The smallest absolute Gasteiger partial charge is 0.308 e. The number of carbonyl (C=O) groups is 3. The number of Topliss-reactive ketones (excluding diaryl/α,β-unsaturated/α-hetero) is 2. The monoisotopic (exact) mass is 330 g/mol. The van der Waals surface area contributed by atoms with Crippen molar-refractivity contribution in [2.45, 2.75) is 32.0 Å². The van der Waals surface area contributed by atoms with Gasteiger partial charge in [-0.3, -0.25) is 14.4 Å². The Kier molecular flexibility index (Phi) is 4.24. The molecule has 0 spiro atoms. The van der Waals surface area contributed by atoms with Gasteiger partial charge in [0, 0.05) is 23.1 Å². The third-order valence-electron chi connectivity index (χ3n) is 4.42. The lowest BCUT2D eigenvalue weighted by molar-refractivity contribution is -0.144. The Balaban J connectivity index is 2.03. The lowest BCUT2D eigenvalue weighted by Gasteiger charge is -2.34. The molecule has 2 aliphatic rings. The van der Waals surface area contributed by atoms with Gasteiger partial charge in [0.15, 0.2) is 11.6 Å². The molecule has 0 unspecified atom stereocenters. The van der Waals surface area contributed by atoms with Crippen LogP contribution in [0, 0.1) is 0 Å². The standard InChI is InChI=1S/C18H18O6/c1-9-15-12(7-10(24-9)8-14(19)23-3)18(21)16-11(17(15)20)5-4-6-13(16)22-2/h4-6,9-10H,7-8H2,1-3H3/t9-,10+/m1/s1. The maximum absolute atomic E-state index is 13.0. The van der Waals surface area contributed by atoms with E-state index in [-0.39, 0.29) is 30.0 Å². The summed E-state index contributed by atoms with van der Waals surface area (Å²) in [5, 5.41) is 0. The molecule has 126 valence electrons. The Bertz CT molecular complexity index is 761. The van der Waals surface area contributed by atoms with E-state index in [4.69, 9.17) is 9.47 Å². The van der Waals surface area contributed by atoms with Gasteiger partial charge >= 0.3 is 5.97 Å². The number of ketones is 2. The summed E-state index contributed by atoms with van der Waals surface area (Å²) in [6.07, 6.45) is -0.798. The molecule has 0 fully saturated rings. The van der Waals surface area contributed by atoms with Crippen LogP contribution in [0.1, 0.15) is 40.5 Å². The van der Waals surface area contributed by atoms with Crippen molar-refractivity contribution in [3.8, 4) is 5.75 Å². The van der Waals surface area contributed by atoms with Gasteiger partial charge in [-0.2, -0.15) is 0 Å². The zero-order valence-electron chi connectivity index (χ0n) is 13.8. The van der Waals surface area contributed by atoms with Crippen molar-refractivity contribution in [3.05, 3.63) is 40.5 Å². The first-order chi connectivity index (χ1) is 11.5. The average Bonchev–Trinajstić information content (AvgIpc) is 2.58. The van der Waals surface area contributed by atoms with Gasteiger partial charge in [0.1, 0.15) is 5.75 Å². The van der Waals surface area contributed by atoms with E-state index in [1.807, 2.05) is 0 Å². The van der Waals surface area contributed by atoms with E-state index in [2.05, 4.69) is 4.74 Å². The summed E-state index contributed by atoms with van der Waals surface area (Å²) in [7, 11) is 2.76. The molecule has 0 saturated carbocycles. The number of carbonyl (C=O) groups excluding carboxylic acids is 3. The van der Waals surface area contributed by atoms with E-state index >= 15 is 0 Å². The number of fused-ring (bicyclic) bond motifs is 1. The topological polar surface area (TPSA) is 78.9 Å². The molecule has 2 atom stereocenters. The summed E-state index contributed by atoms with van der Waals surface area (Å²) in [4.78, 5) is 37.3. The largest absolute Gasteiger partial charge is 0.496 e. The number of hydrogen-bond donors (Lipinski definition) is 0. The zero-order chi connectivity index (χ0) is 17.4. The first-order valence-electron chi connectivity index (χ1n) is 7.69. The number of hydrogen-bond acceptors (Lipinski definition) is 6. The fourth-order valence-corrected chi connectivity index (χ4v) is 3.33. The number of benzene rings is 1. The molecule has 0 saturated heterocycles. The minimum Gasteiger partial charge on any atom is -0.496 e. The Hall–Kier alpha value is -2.47. The summed E-state index contributed by atoms with van der Waals surface area (Å²) >= 11 is 0. The van der Waals surface area contributed by atoms with Gasteiger partial charge in [-0.25, -0.2) is 0 Å². The quantitative estimate of drug-likeness (QED) is 0.790. The fraction of sp³-hybridized carbons (Fsp3) is 0.389. The lowest BCUT2D eigenvalue weighted by Crippen LogP contribution is -2.38. The summed E-state index contributed by atoms with van der Waals surface area (Å²) in [6, 6.07) is 4.96. The Labute approximate surface area is 139 Å². The molecule has 1 aromatic carbocycles. The van der Waals surface area contributed by atoms with Crippen LogP contribution in [0.25, 0.3) is 0 Å². The SMILES string of the molecule is COC(=O)C[C@@H]1CC2=C(C(=O)c3cccc(OC)c3C2=O)[C@@H](C)O1. The summed E-state index contributed by atoms with van der Waals surface area (Å²) in [5.41, 5.74) is 1.40. The van der Waals surface area contributed by atoms with Crippen LogP contribution in [0.4, 0.5) is 0 Å². The van der Waals surface area contributed by atoms with Crippen molar-refractivity contribution in [2.75, 3.05) is 14.2 Å². The normalized spacial score (nSPS) is 22.8. The van der Waals surface area contributed by atoms with Gasteiger partial charge in [0.05, 0.1) is 38.4 Å². The molecule has 0 bridgehead atoms. The predicted octanol–water partition coefficient (Wildman–Crippen LogP) is 2.11. The third kappa shape index (κ3) is 2.53. The van der Waals surface area contributed by atoms with Crippen LogP contribution in [-0.2, 0) is 14.3 Å². The van der Waals surface area contributed by atoms with E-state index in [0.29, 0.717) is 22.5 Å². The third-order valence-corrected chi connectivity index (χ3v) is 4.42. The molecular formula is C18H18O6. The highest BCUT2D eigenvalue weighted by Crippen LogP contribution is 2.39. The van der Waals surface area contributed by atoms with Crippen LogP contribution in [0.3, 0.4) is 0 Å². The second-order valence-electron chi connectivity index (χ2n) is 5.82. The lowest BCUT2D eigenvalue weighted by atomic mass is 9.78. The van der Waals surface area contributed by atoms with E-state index in [1.165, 1.54) is 14.2 Å². The molecule has 0 N–H and O–H groups in total. The molecule has 1 heterocycles. The highest BCUT2D eigenvalue weighted by atomic mass is 16.5. The number of esters is 1. The van der Waals surface area contributed by atoms with Crippen molar-refractivity contribution < 1.29 is 28.6 Å². The molecule has 3 rings (SSSR count). The molecule has 0 amide bonds. The number of methoxy groups -OCH3 is 2. The first-order valence-corrected chi connectivity index (χ1v) is 7.69. The van der Waals surface area contributed by atoms with Crippen LogP contribution < -0.4 is 4.74 Å². The molecule has 6 nitrogen and oxygen atoms in total. The first kappa shape index (κ1) is 16.4. The van der Waals surface area contributed by atoms with Gasteiger partial charge in [-0.1, -0.05) is 12.1 Å². The minimum atomic E-state index is -0.556. The Morgan fingerprint density at radius 2 is 2.00 bits per heavy atom. The highest BCUT2D eigenvalue weighted by molar-refractivity contribution is 6.28. The van der Waals surface area contributed by atoms with E-state index in [1.54, 1.807) is 25.1 Å². The molecule has 0 aromatic heterocycles. The van der Waals surface area contributed by atoms with Gasteiger partial charge in [0.25, 0.3) is 0 Å². The fourth-order valence-electron chi connectivity index (χ4n) is 3.33. The maximum Gasteiger partial charge on any atom is 0.308 e. The minimum absolute atomic E-state index is 0.0396. The second-order valence-corrected chi connectivity index (χ2v) is 5.82. The van der Waals surface area contributed by atoms with E-state index in [0.717, 1.165) is 0 Å². The van der Waals surface area contributed by atoms with Gasteiger partial charge in [-0.15, -0.1) is 0 Å². The molecule has 1 aromatic rings. The molecule has 0 radical (unpaired) electrons. The van der Waals surface area contributed by atoms with Crippen LogP contribution >= 0.6 is 0 Å². The van der Waals surface area contributed by atoms with Crippen molar-refractivity contribution in [1.29, 1.82) is 0 Å². The molecular weight excluding hydrogens is 312 g/mol. The summed E-state index contributed by atoms with van der Waals surface area (Å²) in [6.45, 7) is 1.72. The highest BCUT2D eigenvalue weighted by Gasteiger charge is 2.41. The van der Waals surface area contributed by atoms with Gasteiger partial charge < -0.3 is 14.2 Å². The average molecular weight is 330 g/mol. The molecule has 6 heteroatoms. The van der Waals surface area contributed by atoms with Crippen molar-refractivity contribution in [2.24, 2.45) is 0 Å². The number of rotatable bonds is 3. The number of ether oxygens (including phenoxy) is 3. The van der Waals surface area contributed by atoms with Crippen molar-refractivity contribution >= 4 is 17.5 Å². The Morgan fingerprint density at radius 1 is 1.25 bits per heavy atom. The summed E-state index contributed by atoms with van der Waals surface area (Å²) in [5.74, 6) is -0.491.